The zero-order valence-electron chi connectivity index (χ0n) is 22.3. The Balaban J connectivity index is 1.97. The first-order valence-corrected chi connectivity index (χ1v) is 13.0. The summed E-state index contributed by atoms with van der Waals surface area (Å²) in [4.78, 5) is 32.3. The van der Waals surface area contributed by atoms with Crippen LogP contribution in [0.15, 0.2) is 42.7 Å². The van der Waals surface area contributed by atoms with Gasteiger partial charge in [-0.3, -0.25) is 14.6 Å². The number of pyridine rings is 1. The average molecular weight is 513 g/mol. The molecule has 0 aliphatic carbocycles. The van der Waals surface area contributed by atoms with Crippen LogP contribution < -0.4 is 15.4 Å². The predicted molar refractivity (Wildman–Crippen MR) is 143 cm³/mol. The van der Waals surface area contributed by atoms with Crippen LogP contribution in [0.4, 0.5) is 5.69 Å². The van der Waals surface area contributed by atoms with Gasteiger partial charge >= 0.3 is 0 Å². The Morgan fingerprint density at radius 3 is 2.68 bits per heavy atom. The largest absolute Gasteiger partial charge is 0.490 e. The number of hydrogen-bond acceptors (Lipinski definition) is 7. The normalized spacial score (nSPS) is 22.4. The summed E-state index contributed by atoms with van der Waals surface area (Å²) in [6, 6.07) is 7.95. The topological polar surface area (TPSA) is 113 Å². The van der Waals surface area contributed by atoms with Crippen LogP contribution >= 0.6 is 0 Å². The van der Waals surface area contributed by atoms with Crippen molar-refractivity contribution in [3.05, 3.63) is 53.9 Å². The van der Waals surface area contributed by atoms with Gasteiger partial charge in [-0.25, -0.2) is 0 Å². The first kappa shape index (κ1) is 28.6. The summed E-state index contributed by atoms with van der Waals surface area (Å²) in [5.74, 6) is -0.0874. The highest BCUT2D eigenvalue weighted by molar-refractivity contribution is 6.05. The standard InChI is InChI=1S/C28H40N4O5/c1-19-17-32(20(2)18-33)28(35)24-15-23(31-27(34)22-10-12-30-13-11-22)8-9-25(24)37-21(3)7-5-6-14-36-26(19)16-29-4/h8-13,15,19-21,26,29,33H,5-7,14,16-18H2,1-4H3,(H,31,34)/t19-,20-,21-,26-/m0/s1. The quantitative estimate of drug-likeness (QED) is 0.544. The summed E-state index contributed by atoms with van der Waals surface area (Å²) in [5, 5.41) is 16.0. The maximum absolute atomic E-state index is 14.0. The molecule has 1 aliphatic rings. The van der Waals surface area contributed by atoms with Gasteiger partial charge < -0.3 is 30.1 Å². The third-order valence-electron chi connectivity index (χ3n) is 6.66. The van der Waals surface area contributed by atoms with E-state index >= 15 is 0 Å². The number of nitrogens with zero attached hydrogens (tertiary/aromatic N) is 2. The van der Waals surface area contributed by atoms with Gasteiger partial charge in [0.2, 0.25) is 0 Å². The fourth-order valence-electron chi connectivity index (χ4n) is 4.40. The van der Waals surface area contributed by atoms with Gasteiger partial charge in [0.05, 0.1) is 30.4 Å². The van der Waals surface area contributed by atoms with Crippen molar-refractivity contribution >= 4 is 17.5 Å². The number of fused-ring (bicyclic) bond motifs is 1. The molecule has 3 N–H and O–H groups in total. The van der Waals surface area contributed by atoms with Crippen molar-refractivity contribution in [1.82, 2.24) is 15.2 Å². The number of aliphatic hydroxyl groups excluding tert-OH is 1. The van der Waals surface area contributed by atoms with E-state index in [0.717, 1.165) is 19.3 Å². The number of ether oxygens (including phenoxy) is 2. The molecule has 202 valence electrons. The number of nitrogens with one attached hydrogen (secondary N) is 2. The van der Waals surface area contributed by atoms with Crippen LogP contribution in [0.3, 0.4) is 0 Å². The van der Waals surface area contributed by atoms with Crippen molar-refractivity contribution < 1.29 is 24.2 Å². The summed E-state index contributed by atoms with van der Waals surface area (Å²) in [6.45, 7) is 7.39. The zero-order valence-corrected chi connectivity index (χ0v) is 22.3. The number of hydrogen-bond donors (Lipinski definition) is 3. The fourth-order valence-corrected chi connectivity index (χ4v) is 4.40. The van der Waals surface area contributed by atoms with E-state index < -0.39 is 6.04 Å². The Morgan fingerprint density at radius 2 is 1.97 bits per heavy atom. The highest BCUT2D eigenvalue weighted by Crippen LogP contribution is 2.28. The zero-order chi connectivity index (χ0) is 26.8. The average Bonchev–Trinajstić information content (AvgIpc) is 2.90. The number of aliphatic hydroxyl groups is 1. The number of likely N-dealkylation sites (N-methyl/N-ethyl adjacent to an activating group) is 1. The second kappa shape index (κ2) is 14.1. The van der Waals surface area contributed by atoms with E-state index in [1.807, 2.05) is 20.9 Å². The minimum absolute atomic E-state index is 0.0196. The lowest BCUT2D eigenvalue weighted by molar-refractivity contribution is -0.000452. The van der Waals surface area contributed by atoms with Crippen LogP contribution in [0, 0.1) is 5.92 Å². The third kappa shape index (κ3) is 7.99. The number of anilines is 1. The van der Waals surface area contributed by atoms with E-state index in [2.05, 4.69) is 22.5 Å². The molecule has 9 nitrogen and oxygen atoms in total. The molecule has 37 heavy (non-hydrogen) atoms. The highest BCUT2D eigenvalue weighted by atomic mass is 16.5. The van der Waals surface area contributed by atoms with Crippen LogP contribution in [0.1, 0.15) is 60.7 Å². The number of carbonyl (C=O) groups excluding carboxylic acids is 2. The summed E-state index contributed by atoms with van der Waals surface area (Å²) < 4.78 is 12.4. The molecule has 1 aliphatic heterocycles. The lowest BCUT2D eigenvalue weighted by atomic mass is 10.0. The minimum Gasteiger partial charge on any atom is -0.490 e. The van der Waals surface area contributed by atoms with Gasteiger partial charge in [0.1, 0.15) is 5.75 Å². The van der Waals surface area contributed by atoms with Crippen molar-refractivity contribution in [1.29, 1.82) is 0 Å². The summed E-state index contributed by atoms with van der Waals surface area (Å²) >= 11 is 0. The van der Waals surface area contributed by atoms with E-state index in [0.29, 0.717) is 42.3 Å². The van der Waals surface area contributed by atoms with E-state index in [-0.39, 0.29) is 36.5 Å². The minimum atomic E-state index is -0.418. The molecule has 1 aromatic carbocycles. The summed E-state index contributed by atoms with van der Waals surface area (Å²) in [5.41, 5.74) is 1.29. The Hall–Kier alpha value is -3.01. The van der Waals surface area contributed by atoms with E-state index in [1.165, 1.54) is 0 Å². The Labute approximate surface area is 219 Å². The van der Waals surface area contributed by atoms with Crippen molar-refractivity contribution in [3.63, 3.8) is 0 Å². The van der Waals surface area contributed by atoms with E-state index in [4.69, 9.17) is 9.47 Å². The first-order valence-electron chi connectivity index (χ1n) is 13.0. The molecular weight excluding hydrogens is 472 g/mol. The van der Waals surface area contributed by atoms with Crippen LogP contribution in [-0.4, -0.2) is 78.4 Å². The number of benzene rings is 1. The number of amides is 2. The Kier molecular flexibility index (Phi) is 10.9. The van der Waals surface area contributed by atoms with Crippen molar-refractivity contribution in [2.24, 2.45) is 5.92 Å². The number of carbonyl (C=O) groups is 2. The smallest absolute Gasteiger partial charge is 0.258 e. The Bertz CT molecular complexity index is 1020. The van der Waals surface area contributed by atoms with Gasteiger partial charge in [-0.1, -0.05) is 6.92 Å². The SMILES string of the molecule is CNC[C@@H]1OCCCC[C@H](C)Oc2ccc(NC(=O)c3ccncc3)cc2C(=O)N([C@@H](C)CO)C[C@@H]1C. The van der Waals surface area contributed by atoms with Gasteiger partial charge in [0.25, 0.3) is 11.8 Å². The van der Waals surface area contributed by atoms with Gasteiger partial charge in [0.15, 0.2) is 0 Å². The maximum Gasteiger partial charge on any atom is 0.258 e. The van der Waals surface area contributed by atoms with Crippen molar-refractivity contribution in [2.75, 3.05) is 38.7 Å². The molecule has 2 aromatic rings. The molecule has 2 heterocycles. The molecule has 9 heteroatoms. The lowest BCUT2D eigenvalue weighted by Gasteiger charge is -2.34. The van der Waals surface area contributed by atoms with Gasteiger partial charge in [0, 0.05) is 49.3 Å². The van der Waals surface area contributed by atoms with Gasteiger partial charge in [-0.2, -0.15) is 0 Å². The van der Waals surface area contributed by atoms with E-state index in [9.17, 15) is 14.7 Å². The van der Waals surface area contributed by atoms with Crippen LogP contribution in [0.25, 0.3) is 0 Å². The number of aromatic nitrogens is 1. The van der Waals surface area contributed by atoms with Crippen LogP contribution in [-0.2, 0) is 4.74 Å². The molecular formula is C28H40N4O5. The molecule has 2 amide bonds. The molecule has 0 saturated carbocycles. The third-order valence-corrected chi connectivity index (χ3v) is 6.66. The second-order valence-corrected chi connectivity index (χ2v) is 9.76. The molecule has 0 saturated heterocycles. The fraction of sp³-hybridized carbons (Fsp3) is 0.536. The van der Waals surface area contributed by atoms with Gasteiger partial charge in [-0.05, 0) is 70.5 Å². The van der Waals surface area contributed by atoms with E-state index in [1.54, 1.807) is 47.6 Å². The molecule has 0 radical (unpaired) electrons. The molecule has 0 unspecified atom stereocenters. The first-order chi connectivity index (χ1) is 17.8. The van der Waals surface area contributed by atoms with Crippen LogP contribution in [0.5, 0.6) is 5.75 Å². The maximum atomic E-state index is 14.0. The Morgan fingerprint density at radius 1 is 1.22 bits per heavy atom. The molecule has 3 rings (SSSR count). The second-order valence-electron chi connectivity index (χ2n) is 9.76. The summed E-state index contributed by atoms with van der Waals surface area (Å²) in [6.07, 6.45) is 5.60. The molecule has 1 aromatic heterocycles. The van der Waals surface area contributed by atoms with Crippen molar-refractivity contribution in [3.8, 4) is 5.75 Å². The molecule has 0 spiro atoms. The van der Waals surface area contributed by atoms with Gasteiger partial charge in [-0.15, -0.1) is 0 Å². The predicted octanol–water partition coefficient (Wildman–Crippen LogP) is 3.35. The molecule has 0 bridgehead atoms. The number of rotatable bonds is 6. The molecule has 0 fully saturated rings. The highest BCUT2D eigenvalue weighted by Gasteiger charge is 2.29. The van der Waals surface area contributed by atoms with Crippen LogP contribution in [0.2, 0.25) is 0 Å². The van der Waals surface area contributed by atoms with Crippen molar-refractivity contribution in [2.45, 2.75) is 58.3 Å². The molecule has 4 atom stereocenters. The summed E-state index contributed by atoms with van der Waals surface area (Å²) in [7, 11) is 1.89. The monoisotopic (exact) mass is 512 g/mol. The lowest BCUT2D eigenvalue weighted by Crippen LogP contribution is -2.47.